The molecule has 0 saturated carbocycles. The van der Waals surface area contributed by atoms with Crippen LogP contribution in [-0.4, -0.2) is 21.0 Å². The molecule has 0 radical (unpaired) electrons. The van der Waals surface area contributed by atoms with Crippen molar-refractivity contribution >= 4 is 33.4 Å². The van der Waals surface area contributed by atoms with E-state index in [0.717, 1.165) is 15.9 Å². The predicted molar refractivity (Wildman–Crippen MR) is 65.0 cm³/mol. The van der Waals surface area contributed by atoms with Crippen molar-refractivity contribution in [2.75, 3.05) is 5.32 Å². The molecule has 2 aromatic rings. The van der Waals surface area contributed by atoms with E-state index in [-0.39, 0.29) is 0 Å². The molecule has 5 heteroatoms. The summed E-state index contributed by atoms with van der Waals surface area (Å²) in [5.74, 6) is -0.884. The van der Waals surface area contributed by atoms with Crippen LogP contribution in [0.3, 0.4) is 0 Å². The summed E-state index contributed by atoms with van der Waals surface area (Å²) in [6.07, 6.45) is 0. The van der Waals surface area contributed by atoms with E-state index in [1.54, 1.807) is 13.8 Å². The fourth-order valence-electron chi connectivity index (χ4n) is 1.32. The standard InChI is InChI=1S/C11H12N2O2S/c1-11(2,10(14)15)12-9-7-5-3-4-6-8(7)13-16-9/h3-6,12H,1-2H3,(H,14,15). The van der Waals surface area contributed by atoms with Crippen LogP contribution in [0.2, 0.25) is 0 Å². The number of hydrogen-bond acceptors (Lipinski definition) is 4. The average Bonchev–Trinajstić information content (AvgIpc) is 2.61. The Balaban J connectivity index is 2.38. The van der Waals surface area contributed by atoms with E-state index in [1.165, 1.54) is 11.5 Å². The van der Waals surface area contributed by atoms with Gasteiger partial charge in [0.1, 0.15) is 10.5 Å². The SMILES string of the molecule is CC(C)(Nc1snc2ccccc12)C(=O)O. The number of fused-ring (bicyclic) bond motifs is 1. The van der Waals surface area contributed by atoms with Gasteiger partial charge < -0.3 is 10.4 Å². The highest BCUT2D eigenvalue weighted by atomic mass is 32.1. The molecule has 0 atom stereocenters. The second kappa shape index (κ2) is 3.75. The molecule has 0 saturated heterocycles. The van der Waals surface area contributed by atoms with Crippen LogP contribution in [0.1, 0.15) is 13.8 Å². The Morgan fingerprint density at radius 3 is 2.81 bits per heavy atom. The predicted octanol–water partition coefficient (Wildman–Crippen LogP) is 2.57. The van der Waals surface area contributed by atoms with Crippen molar-refractivity contribution in [3.8, 4) is 0 Å². The summed E-state index contributed by atoms with van der Waals surface area (Å²) in [5.41, 5.74) is -0.105. The molecule has 4 nitrogen and oxygen atoms in total. The Kier molecular flexibility index (Phi) is 2.55. The molecular formula is C11H12N2O2S. The second-order valence-corrected chi connectivity index (χ2v) is 4.86. The van der Waals surface area contributed by atoms with E-state index in [4.69, 9.17) is 5.11 Å². The first-order valence-corrected chi connectivity index (χ1v) is 5.64. The van der Waals surface area contributed by atoms with Crippen molar-refractivity contribution in [3.05, 3.63) is 24.3 Å². The van der Waals surface area contributed by atoms with Crippen molar-refractivity contribution < 1.29 is 9.90 Å². The average molecular weight is 236 g/mol. The van der Waals surface area contributed by atoms with Gasteiger partial charge in [-0.15, -0.1) is 0 Å². The summed E-state index contributed by atoms with van der Waals surface area (Å²) in [5, 5.41) is 13.8. The second-order valence-electron chi connectivity index (χ2n) is 4.08. The summed E-state index contributed by atoms with van der Waals surface area (Å²) in [4.78, 5) is 11.0. The zero-order chi connectivity index (χ0) is 11.8. The number of nitrogens with zero attached hydrogens (tertiary/aromatic N) is 1. The van der Waals surface area contributed by atoms with Crippen molar-refractivity contribution in [2.45, 2.75) is 19.4 Å². The van der Waals surface area contributed by atoms with Crippen LogP contribution >= 0.6 is 11.5 Å². The van der Waals surface area contributed by atoms with Gasteiger partial charge in [0.25, 0.3) is 0 Å². The molecule has 1 aromatic heterocycles. The topological polar surface area (TPSA) is 62.2 Å². The third-order valence-electron chi connectivity index (χ3n) is 2.34. The van der Waals surface area contributed by atoms with E-state index in [0.29, 0.717) is 0 Å². The van der Waals surface area contributed by atoms with Gasteiger partial charge in [-0.1, -0.05) is 12.1 Å². The van der Waals surface area contributed by atoms with Gasteiger partial charge >= 0.3 is 5.97 Å². The third kappa shape index (κ3) is 1.86. The van der Waals surface area contributed by atoms with Gasteiger partial charge in [-0.25, -0.2) is 4.79 Å². The molecule has 0 spiro atoms. The van der Waals surface area contributed by atoms with Gasteiger partial charge in [0.15, 0.2) is 0 Å². The minimum absolute atomic E-state index is 0.794. The number of benzene rings is 1. The van der Waals surface area contributed by atoms with Crippen molar-refractivity contribution in [1.29, 1.82) is 0 Å². The highest BCUT2D eigenvalue weighted by molar-refractivity contribution is 7.11. The Morgan fingerprint density at radius 2 is 2.12 bits per heavy atom. The van der Waals surface area contributed by atoms with Gasteiger partial charge in [-0.3, -0.25) is 0 Å². The van der Waals surface area contributed by atoms with Crippen molar-refractivity contribution in [3.63, 3.8) is 0 Å². The molecule has 0 amide bonds. The molecule has 0 aliphatic rings. The first-order chi connectivity index (χ1) is 7.50. The Labute approximate surface area is 97.1 Å². The third-order valence-corrected chi connectivity index (χ3v) is 3.14. The number of carboxylic acid groups (broad SMARTS) is 1. The number of nitrogens with one attached hydrogen (secondary N) is 1. The molecule has 1 aromatic carbocycles. The minimum atomic E-state index is -0.991. The van der Waals surface area contributed by atoms with E-state index in [1.807, 2.05) is 24.3 Å². The number of anilines is 1. The maximum atomic E-state index is 11.0. The highest BCUT2D eigenvalue weighted by Gasteiger charge is 2.27. The molecule has 2 N–H and O–H groups in total. The fourth-order valence-corrected chi connectivity index (χ4v) is 2.24. The Morgan fingerprint density at radius 1 is 1.44 bits per heavy atom. The Bertz CT molecular complexity index is 534. The number of carbonyl (C=O) groups is 1. The Hall–Kier alpha value is -1.62. The number of aliphatic carboxylic acids is 1. The summed E-state index contributed by atoms with van der Waals surface area (Å²) < 4.78 is 4.25. The van der Waals surface area contributed by atoms with Crippen LogP contribution in [0.5, 0.6) is 0 Å². The zero-order valence-corrected chi connectivity index (χ0v) is 9.84. The van der Waals surface area contributed by atoms with Gasteiger partial charge in [-0.05, 0) is 37.5 Å². The van der Waals surface area contributed by atoms with Crippen LogP contribution < -0.4 is 5.32 Å². The molecule has 0 bridgehead atoms. The molecule has 16 heavy (non-hydrogen) atoms. The summed E-state index contributed by atoms with van der Waals surface area (Å²) in [6.45, 7) is 3.26. The van der Waals surface area contributed by atoms with E-state index in [2.05, 4.69) is 9.69 Å². The minimum Gasteiger partial charge on any atom is -0.480 e. The summed E-state index contributed by atoms with van der Waals surface area (Å²) >= 11 is 1.28. The largest absolute Gasteiger partial charge is 0.480 e. The number of carboxylic acids is 1. The highest BCUT2D eigenvalue weighted by Crippen LogP contribution is 2.29. The quantitative estimate of drug-likeness (QED) is 0.859. The number of aromatic nitrogens is 1. The number of hydrogen-bond donors (Lipinski definition) is 2. The molecule has 1 heterocycles. The van der Waals surface area contributed by atoms with Crippen LogP contribution in [0.4, 0.5) is 5.00 Å². The maximum absolute atomic E-state index is 11.0. The van der Waals surface area contributed by atoms with Gasteiger partial charge in [-0.2, -0.15) is 4.37 Å². The summed E-state index contributed by atoms with van der Waals surface area (Å²) in [6, 6.07) is 7.66. The number of rotatable bonds is 3. The van der Waals surface area contributed by atoms with Crippen LogP contribution in [0, 0.1) is 0 Å². The monoisotopic (exact) mass is 236 g/mol. The van der Waals surface area contributed by atoms with Gasteiger partial charge in [0.2, 0.25) is 0 Å². The van der Waals surface area contributed by atoms with Crippen LogP contribution in [0.15, 0.2) is 24.3 Å². The van der Waals surface area contributed by atoms with Gasteiger partial charge in [0, 0.05) is 5.39 Å². The lowest BCUT2D eigenvalue weighted by atomic mass is 10.1. The molecule has 84 valence electrons. The first kappa shape index (κ1) is 10.9. The molecule has 2 rings (SSSR count). The van der Waals surface area contributed by atoms with Crippen molar-refractivity contribution in [2.24, 2.45) is 0 Å². The lowest BCUT2D eigenvalue weighted by Crippen LogP contribution is -2.39. The fraction of sp³-hybridized carbons (Fsp3) is 0.273. The lowest BCUT2D eigenvalue weighted by Gasteiger charge is -2.20. The van der Waals surface area contributed by atoms with Gasteiger partial charge in [0.05, 0.1) is 5.52 Å². The molecule has 0 aliphatic heterocycles. The molecule has 0 fully saturated rings. The van der Waals surface area contributed by atoms with Crippen LogP contribution in [-0.2, 0) is 4.79 Å². The van der Waals surface area contributed by atoms with E-state index in [9.17, 15) is 4.79 Å². The smallest absolute Gasteiger partial charge is 0.328 e. The van der Waals surface area contributed by atoms with E-state index >= 15 is 0 Å². The zero-order valence-electron chi connectivity index (χ0n) is 9.02. The first-order valence-electron chi connectivity index (χ1n) is 4.87. The van der Waals surface area contributed by atoms with Crippen molar-refractivity contribution in [1.82, 2.24) is 4.37 Å². The maximum Gasteiger partial charge on any atom is 0.328 e. The van der Waals surface area contributed by atoms with Crippen LogP contribution in [0.25, 0.3) is 10.9 Å². The normalized spacial score (nSPS) is 11.6. The summed E-state index contributed by atoms with van der Waals surface area (Å²) in [7, 11) is 0. The molecular weight excluding hydrogens is 224 g/mol. The molecule has 0 unspecified atom stereocenters. The lowest BCUT2D eigenvalue weighted by molar-refractivity contribution is -0.141. The molecule has 0 aliphatic carbocycles. The van der Waals surface area contributed by atoms with E-state index < -0.39 is 11.5 Å².